The van der Waals surface area contributed by atoms with Crippen molar-refractivity contribution in [1.29, 1.82) is 0 Å². The van der Waals surface area contributed by atoms with Gasteiger partial charge < -0.3 is 9.47 Å². The van der Waals surface area contributed by atoms with Crippen LogP contribution in [0.4, 0.5) is 5.69 Å². The van der Waals surface area contributed by atoms with Crippen molar-refractivity contribution in [1.82, 2.24) is 0 Å². The van der Waals surface area contributed by atoms with Gasteiger partial charge in [0.1, 0.15) is 12.2 Å². The van der Waals surface area contributed by atoms with Crippen LogP contribution in [-0.2, 0) is 4.74 Å². The quantitative estimate of drug-likeness (QED) is 0.485. The van der Waals surface area contributed by atoms with Crippen molar-refractivity contribution in [2.75, 3.05) is 13.2 Å². The molecule has 1 aliphatic heterocycles. The molecule has 2 rings (SSSR count). The average molecular weight is 288 g/mol. The molecule has 5 nitrogen and oxygen atoms in total. The molecule has 0 spiro atoms. The van der Waals surface area contributed by atoms with Gasteiger partial charge in [-0.1, -0.05) is 6.07 Å². The lowest BCUT2D eigenvalue weighted by Crippen LogP contribution is -2.17. The highest BCUT2D eigenvalue weighted by atomic mass is 79.9. The number of rotatable bonds is 4. The van der Waals surface area contributed by atoms with Crippen molar-refractivity contribution in [3.63, 3.8) is 0 Å². The first-order valence-electron chi connectivity index (χ1n) is 4.71. The molecule has 1 fully saturated rings. The van der Waals surface area contributed by atoms with E-state index in [9.17, 15) is 10.1 Å². The van der Waals surface area contributed by atoms with Crippen molar-refractivity contribution >= 4 is 21.6 Å². The molecule has 0 amide bonds. The Hall–Kier alpha value is -1.14. The maximum Gasteiger partial charge on any atom is 0.312 e. The highest BCUT2D eigenvalue weighted by molar-refractivity contribution is 9.10. The van der Waals surface area contributed by atoms with E-state index < -0.39 is 4.92 Å². The second-order valence-corrected chi connectivity index (χ2v) is 4.73. The number of epoxide rings is 1. The largest absolute Gasteiger partial charge is 0.483 e. The van der Waals surface area contributed by atoms with Crippen LogP contribution in [0.25, 0.3) is 0 Å². The molecular weight excluding hydrogens is 278 g/mol. The van der Waals surface area contributed by atoms with Crippen LogP contribution >= 0.6 is 15.9 Å². The van der Waals surface area contributed by atoms with E-state index in [4.69, 9.17) is 9.47 Å². The Bertz CT molecular complexity index is 431. The molecule has 1 aromatic carbocycles. The summed E-state index contributed by atoms with van der Waals surface area (Å²) in [7, 11) is 0. The molecule has 0 aliphatic carbocycles. The van der Waals surface area contributed by atoms with E-state index in [1.54, 1.807) is 12.1 Å². The van der Waals surface area contributed by atoms with Crippen LogP contribution in [0.2, 0.25) is 0 Å². The summed E-state index contributed by atoms with van der Waals surface area (Å²) in [6.45, 7) is 2.84. The third-order valence-electron chi connectivity index (χ3n) is 2.30. The fourth-order valence-electron chi connectivity index (χ4n) is 1.22. The zero-order valence-corrected chi connectivity index (χ0v) is 10.2. The summed E-state index contributed by atoms with van der Waals surface area (Å²) in [5, 5.41) is 10.8. The smallest absolute Gasteiger partial charge is 0.312 e. The first-order chi connectivity index (χ1) is 7.52. The van der Waals surface area contributed by atoms with E-state index in [1.807, 2.05) is 6.92 Å². The predicted molar refractivity (Wildman–Crippen MR) is 60.6 cm³/mol. The fourth-order valence-corrected chi connectivity index (χ4v) is 1.69. The van der Waals surface area contributed by atoms with Gasteiger partial charge in [0.2, 0.25) is 5.75 Å². The molecule has 16 heavy (non-hydrogen) atoms. The molecule has 1 heterocycles. The summed E-state index contributed by atoms with van der Waals surface area (Å²) >= 11 is 3.23. The number of nitro groups is 1. The lowest BCUT2D eigenvalue weighted by atomic mass is 10.2. The maximum atomic E-state index is 10.8. The van der Waals surface area contributed by atoms with Crippen molar-refractivity contribution in [2.24, 2.45) is 0 Å². The Morgan fingerprint density at radius 2 is 2.38 bits per heavy atom. The van der Waals surface area contributed by atoms with Gasteiger partial charge in [-0.2, -0.15) is 0 Å². The van der Waals surface area contributed by atoms with E-state index in [2.05, 4.69) is 15.9 Å². The summed E-state index contributed by atoms with van der Waals surface area (Å²) in [5.74, 6) is 0.254. The molecule has 1 atom stereocenters. The molecule has 0 saturated carbocycles. The Balaban J connectivity index is 2.20. The first kappa shape index (κ1) is 11.3. The van der Waals surface area contributed by atoms with Gasteiger partial charge in [0.05, 0.1) is 16.0 Å². The molecule has 0 radical (unpaired) electrons. The SMILES string of the molecule is CC1(COc2c(Br)cccc2[N+](=O)[O-])CO1. The van der Waals surface area contributed by atoms with Crippen molar-refractivity contribution in [3.8, 4) is 5.75 Å². The molecule has 6 heteroatoms. The summed E-state index contributed by atoms with van der Waals surface area (Å²) in [6.07, 6.45) is 0. The Kier molecular flexibility index (Phi) is 2.86. The van der Waals surface area contributed by atoms with E-state index in [1.165, 1.54) is 6.07 Å². The standard InChI is InChI=1S/C10H10BrNO4/c1-10(6-16-10)5-15-9-7(11)3-2-4-8(9)12(13)14/h2-4H,5-6H2,1H3. The molecule has 1 aliphatic rings. The van der Waals surface area contributed by atoms with E-state index >= 15 is 0 Å². The summed E-state index contributed by atoms with van der Waals surface area (Å²) in [4.78, 5) is 10.3. The van der Waals surface area contributed by atoms with Crippen molar-refractivity contribution in [2.45, 2.75) is 12.5 Å². The number of nitro benzene ring substituents is 1. The second-order valence-electron chi connectivity index (χ2n) is 3.87. The molecule has 1 unspecified atom stereocenters. The monoisotopic (exact) mass is 287 g/mol. The minimum absolute atomic E-state index is 0.0429. The predicted octanol–water partition coefficient (Wildman–Crippen LogP) is 2.53. The normalized spacial score (nSPS) is 22.9. The number of benzene rings is 1. The molecule has 1 saturated heterocycles. The van der Waals surface area contributed by atoms with E-state index in [0.29, 0.717) is 17.7 Å². The first-order valence-corrected chi connectivity index (χ1v) is 5.51. The van der Waals surface area contributed by atoms with Gasteiger partial charge >= 0.3 is 5.69 Å². The zero-order valence-electron chi connectivity index (χ0n) is 8.60. The Labute approximate surface area is 101 Å². The maximum absolute atomic E-state index is 10.8. The summed E-state index contributed by atoms with van der Waals surface area (Å²) in [5.41, 5.74) is -0.331. The van der Waals surface area contributed by atoms with Crippen LogP contribution in [0.3, 0.4) is 0 Å². The highest BCUT2D eigenvalue weighted by Crippen LogP contribution is 2.36. The van der Waals surface area contributed by atoms with Gasteiger partial charge in [0.25, 0.3) is 0 Å². The Morgan fingerprint density at radius 3 is 2.94 bits per heavy atom. The topological polar surface area (TPSA) is 64.9 Å². The minimum atomic E-state index is -0.462. The molecule has 0 N–H and O–H groups in total. The zero-order chi connectivity index (χ0) is 11.8. The van der Waals surface area contributed by atoms with Gasteiger partial charge in [0, 0.05) is 6.07 Å². The minimum Gasteiger partial charge on any atom is -0.483 e. The Morgan fingerprint density at radius 1 is 1.69 bits per heavy atom. The van der Waals surface area contributed by atoms with Crippen LogP contribution in [0.1, 0.15) is 6.92 Å². The van der Waals surface area contributed by atoms with Gasteiger partial charge in [-0.05, 0) is 28.9 Å². The number of para-hydroxylation sites is 1. The van der Waals surface area contributed by atoms with Crippen LogP contribution in [0, 0.1) is 10.1 Å². The van der Waals surface area contributed by atoms with Crippen LogP contribution in [0.5, 0.6) is 5.75 Å². The summed E-state index contributed by atoms with van der Waals surface area (Å²) < 4.78 is 11.2. The van der Waals surface area contributed by atoms with E-state index in [0.717, 1.165) is 0 Å². The van der Waals surface area contributed by atoms with Crippen molar-refractivity contribution in [3.05, 3.63) is 32.8 Å². The molecule has 0 aromatic heterocycles. The number of halogens is 1. The van der Waals surface area contributed by atoms with Gasteiger partial charge in [-0.25, -0.2) is 0 Å². The average Bonchev–Trinajstić information content (AvgIpc) is 2.95. The van der Waals surface area contributed by atoms with Gasteiger partial charge in [-0.3, -0.25) is 10.1 Å². The fraction of sp³-hybridized carbons (Fsp3) is 0.400. The van der Waals surface area contributed by atoms with Gasteiger partial charge in [0.15, 0.2) is 0 Å². The number of hydrogen-bond acceptors (Lipinski definition) is 4. The van der Waals surface area contributed by atoms with Crippen LogP contribution in [-0.4, -0.2) is 23.7 Å². The molecular formula is C10H10BrNO4. The number of ether oxygens (including phenoxy) is 2. The highest BCUT2D eigenvalue weighted by Gasteiger charge is 2.40. The van der Waals surface area contributed by atoms with Crippen LogP contribution < -0.4 is 4.74 Å². The van der Waals surface area contributed by atoms with Crippen LogP contribution in [0.15, 0.2) is 22.7 Å². The number of hydrogen-bond donors (Lipinski definition) is 0. The second kappa shape index (κ2) is 4.03. The number of nitrogens with zero attached hydrogens (tertiary/aromatic N) is 1. The van der Waals surface area contributed by atoms with E-state index in [-0.39, 0.29) is 17.0 Å². The molecule has 86 valence electrons. The van der Waals surface area contributed by atoms with Gasteiger partial charge in [-0.15, -0.1) is 0 Å². The summed E-state index contributed by atoms with van der Waals surface area (Å²) in [6, 6.07) is 4.72. The molecule has 1 aromatic rings. The third-order valence-corrected chi connectivity index (χ3v) is 2.93. The lowest BCUT2D eigenvalue weighted by Gasteiger charge is -2.10. The third kappa shape index (κ3) is 2.33. The molecule has 0 bridgehead atoms. The van der Waals surface area contributed by atoms with Crippen molar-refractivity contribution < 1.29 is 14.4 Å². The lowest BCUT2D eigenvalue weighted by molar-refractivity contribution is -0.386.